The standard InChI is InChI=1S/C22H24Cl2N2O2/c23-19-5-4-18(21(24)14-19)13-22(28)25-20-3-1-2-16(12-20)6-9-26-10-7-17(15-27)8-11-26/h1-5,12,14-15,17H,6-11,13H2,(H,25,28). The average Bonchev–Trinajstić information content (AvgIpc) is 2.69. The molecule has 0 bridgehead atoms. The summed E-state index contributed by atoms with van der Waals surface area (Å²) in [6.07, 6.45) is 4.10. The second-order valence-electron chi connectivity index (χ2n) is 7.23. The Morgan fingerprint density at radius 1 is 1.14 bits per heavy atom. The molecule has 0 unspecified atom stereocenters. The number of benzene rings is 2. The smallest absolute Gasteiger partial charge is 0.228 e. The fraction of sp³-hybridized carbons (Fsp3) is 0.364. The third-order valence-electron chi connectivity index (χ3n) is 5.12. The van der Waals surface area contributed by atoms with Crippen molar-refractivity contribution in [3.8, 4) is 0 Å². The van der Waals surface area contributed by atoms with E-state index in [1.165, 1.54) is 5.56 Å². The minimum Gasteiger partial charge on any atom is -0.326 e. The lowest BCUT2D eigenvalue weighted by Gasteiger charge is -2.29. The van der Waals surface area contributed by atoms with Crippen LogP contribution in [0.1, 0.15) is 24.0 Å². The number of halogens is 2. The Morgan fingerprint density at radius 2 is 1.93 bits per heavy atom. The molecule has 1 amide bonds. The molecule has 0 spiro atoms. The molecule has 1 aliphatic rings. The van der Waals surface area contributed by atoms with E-state index in [1.54, 1.807) is 18.2 Å². The quantitative estimate of drug-likeness (QED) is 0.666. The van der Waals surface area contributed by atoms with Crippen molar-refractivity contribution in [2.75, 3.05) is 25.0 Å². The molecule has 4 nitrogen and oxygen atoms in total. The van der Waals surface area contributed by atoms with Crippen LogP contribution in [-0.2, 0) is 22.4 Å². The number of aldehydes is 1. The zero-order valence-corrected chi connectivity index (χ0v) is 17.2. The van der Waals surface area contributed by atoms with Gasteiger partial charge in [-0.25, -0.2) is 0 Å². The van der Waals surface area contributed by atoms with Crippen LogP contribution < -0.4 is 5.32 Å². The Hall–Kier alpha value is -1.88. The number of carbonyl (C=O) groups excluding carboxylic acids is 2. The second-order valence-corrected chi connectivity index (χ2v) is 8.07. The van der Waals surface area contributed by atoms with E-state index in [0.717, 1.165) is 56.4 Å². The molecule has 0 aliphatic carbocycles. The van der Waals surface area contributed by atoms with Crippen LogP contribution >= 0.6 is 23.2 Å². The molecule has 6 heteroatoms. The Bertz CT molecular complexity index is 833. The molecule has 0 aromatic heterocycles. The summed E-state index contributed by atoms with van der Waals surface area (Å²) in [4.78, 5) is 25.6. The van der Waals surface area contributed by atoms with Gasteiger partial charge in [-0.15, -0.1) is 0 Å². The first-order valence-electron chi connectivity index (χ1n) is 9.54. The van der Waals surface area contributed by atoms with Crippen LogP contribution in [0.2, 0.25) is 10.0 Å². The molecule has 1 saturated heterocycles. The third kappa shape index (κ3) is 6.06. The van der Waals surface area contributed by atoms with E-state index in [1.807, 2.05) is 18.2 Å². The van der Waals surface area contributed by atoms with Gasteiger partial charge in [0.1, 0.15) is 6.29 Å². The van der Waals surface area contributed by atoms with Gasteiger partial charge in [-0.2, -0.15) is 0 Å². The summed E-state index contributed by atoms with van der Waals surface area (Å²) in [5, 5.41) is 3.99. The topological polar surface area (TPSA) is 49.4 Å². The van der Waals surface area contributed by atoms with Gasteiger partial charge in [0.05, 0.1) is 6.42 Å². The zero-order chi connectivity index (χ0) is 19.9. The van der Waals surface area contributed by atoms with E-state index in [4.69, 9.17) is 23.2 Å². The first-order valence-corrected chi connectivity index (χ1v) is 10.3. The van der Waals surface area contributed by atoms with Crippen molar-refractivity contribution in [1.29, 1.82) is 0 Å². The van der Waals surface area contributed by atoms with E-state index in [0.29, 0.717) is 10.0 Å². The molecular formula is C22H24Cl2N2O2. The Labute approximate surface area is 175 Å². The predicted octanol–water partition coefficient (Wildman–Crippen LogP) is 4.63. The van der Waals surface area contributed by atoms with Crippen molar-refractivity contribution in [2.24, 2.45) is 5.92 Å². The maximum atomic E-state index is 12.4. The number of amides is 1. The molecule has 1 fully saturated rings. The molecule has 1 N–H and O–H groups in total. The summed E-state index contributed by atoms with van der Waals surface area (Å²) in [7, 11) is 0. The van der Waals surface area contributed by atoms with Crippen molar-refractivity contribution >= 4 is 41.1 Å². The van der Waals surface area contributed by atoms with Crippen molar-refractivity contribution < 1.29 is 9.59 Å². The van der Waals surface area contributed by atoms with Crippen molar-refractivity contribution in [3.63, 3.8) is 0 Å². The van der Waals surface area contributed by atoms with Crippen LogP contribution in [0.4, 0.5) is 5.69 Å². The van der Waals surface area contributed by atoms with E-state index >= 15 is 0 Å². The first kappa shape index (κ1) is 20.8. The Balaban J connectivity index is 1.51. The van der Waals surface area contributed by atoms with Crippen molar-refractivity contribution in [1.82, 2.24) is 4.90 Å². The van der Waals surface area contributed by atoms with Gasteiger partial charge >= 0.3 is 0 Å². The SMILES string of the molecule is O=CC1CCN(CCc2cccc(NC(=O)Cc3ccc(Cl)cc3Cl)c2)CC1. The molecule has 28 heavy (non-hydrogen) atoms. The van der Waals surface area contributed by atoms with Gasteiger partial charge < -0.3 is 15.0 Å². The van der Waals surface area contributed by atoms with E-state index in [9.17, 15) is 9.59 Å². The molecule has 0 atom stereocenters. The largest absolute Gasteiger partial charge is 0.326 e. The van der Waals surface area contributed by atoms with Crippen molar-refractivity contribution in [3.05, 3.63) is 63.6 Å². The van der Waals surface area contributed by atoms with Gasteiger partial charge in [0.25, 0.3) is 0 Å². The Morgan fingerprint density at radius 3 is 2.64 bits per heavy atom. The molecular weight excluding hydrogens is 395 g/mol. The summed E-state index contributed by atoms with van der Waals surface area (Å²) in [6.45, 7) is 2.91. The molecule has 0 saturated carbocycles. The van der Waals surface area contributed by atoms with Crippen LogP contribution in [0.5, 0.6) is 0 Å². The number of likely N-dealkylation sites (tertiary alicyclic amines) is 1. The van der Waals surface area contributed by atoms with Gasteiger partial charge in [0.15, 0.2) is 0 Å². The summed E-state index contributed by atoms with van der Waals surface area (Å²) in [5.41, 5.74) is 2.71. The first-order chi connectivity index (χ1) is 13.5. The number of anilines is 1. The molecule has 2 aromatic rings. The van der Waals surface area contributed by atoms with Crippen molar-refractivity contribution in [2.45, 2.75) is 25.7 Å². The summed E-state index contributed by atoms with van der Waals surface area (Å²) in [6, 6.07) is 13.1. The molecule has 148 valence electrons. The highest BCUT2D eigenvalue weighted by molar-refractivity contribution is 6.35. The lowest BCUT2D eigenvalue weighted by Crippen LogP contribution is -2.35. The average molecular weight is 419 g/mol. The minimum absolute atomic E-state index is 0.114. The maximum absolute atomic E-state index is 12.4. The van der Waals surface area contributed by atoms with Gasteiger partial charge in [0.2, 0.25) is 5.91 Å². The Kier molecular flexibility index (Phi) is 7.49. The van der Waals surface area contributed by atoms with Gasteiger partial charge in [-0.3, -0.25) is 4.79 Å². The van der Waals surface area contributed by atoms with Gasteiger partial charge in [0, 0.05) is 28.2 Å². The third-order valence-corrected chi connectivity index (χ3v) is 5.71. The van der Waals surface area contributed by atoms with Crippen LogP contribution in [0.25, 0.3) is 0 Å². The van der Waals surface area contributed by atoms with Crippen LogP contribution in [0, 0.1) is 5.92 Å². The summed E-state index contributed by atoms with van der Waals surface area (Å²) in [5.74, 6) is 0.112. The number of nitrogens with zero attached hydrogens (tertiary/aromatic N) is 1. The lowest BCUT2D eigenvalue weighted by atomic mass is 9.98. The number of hydrogen-bond donors (Lipinski definition) is 1. The number of nitrogens with one attached hydrogen (secondary N) is 1. The van der Waals surface area contributed by atoms with Crippen LogP contribution in [0.3, 0.4) is 0 Å². The summed E-state index contributed by atoms with van der Waals surface area (Å²) < 4.78 is 0. The fourth-order valence-corrected chi connectivity index (χ4v) is 3.92. The van der Waals surface area contributed by atoms with Crippen LogP contribution in [0.15, 0.2) is 42.5 Å². The highest BCUT2D eigenvalue weighted by atomic mass is 35.5. The molecule has 0 radical (unpaired) electrons. The number of carbonyl (C=O) groups is 2. The molecule has 2 aromatic carbocycles. The number of piperidine rings is 1. The lowest BCUT2D eigenvalue weighted by molar-refractivity contribution is -0.115. The van der Waals surface area contributed by atoms with E-state index in [2.05, 4.69) is 16.3 Å². The maximum Gasteiger partial charge on any atom is 0.228 e. The number of hydrogen-bond acceptors (Lipinski definition) is 3. The highest BCUT2D eigenvalue weighted by Crippen LogP contribution is 2.22. The summed E-state index contributed by atoms with van der Waals surface area (Å²) >= 11 is 12.0. The van der Waals surface area contributed by atoms with Gasteiger partial charge in [-0.05, 0) is 67.7 Å². The predicted molar refractivity (Wildman–Crippen MR) is 114 cm³/mol. The normalized spacial score (nSPS) is 15.4. The fourth-order valence-electron chi connectivity index (χ4n) is 3.45. The van der Waals surface area contributed by atoms with Gasteiger partial charge in [-0.1, -0.05) is 41.4 Å². The zero-order valence-electron chi connectivity index (χ0n) is 15.7. The monoisotopic (exact) mass is 418 g/mol. The second kappa shape index (κ2) is 10.1. The molecule has 1 heterocycles. The van der Waals surface area contributed by atoms with E-state index in [-0.39, 0.29) is 18.2 Å². The molecule has 3 rings (SSSR count). The highest BCUT2D eigenvalue weighted by Gasteiger charge is 2.18. The number of rotatable bonds is 7. The molecule has 1 aliphatic heterocycles. The van der Waals surface area contributed by atoms with E-state index < -0.39 is 0 Å². The minimum atomic E-state index is -0.114. The van der Waals surface area contributed by atoms with Crippen LogP contribution in [-0.4, -0.2) is 36.7 Å².